The van der Waals surface area contributed by atoms with E-state index in [2.05, 4.69) is 4.72 Å². The second-order valence-corrected chi connectivity index (χ2v) is 6.26. The maximum atomic E-state index is 12.2. The quantitative estimate of drug-likeness (QED) is 0.909. The minimum absolute atomic E-state index is 0.530. The number of nitrogens with one attached hydrogen (secondary N) is 1. The van der Waals surface area contributed by atoms with Gasteiger partial charge in [0.05, 0.1) is 6.07 Å². The van der Waals surface area contributed by atoms with Gasteiger partial charge >= 0.3 is 0 Å². The van der Waals surface area contributed by atoms with Gasteiger partial charge in [0.25, 0.3) is 10.2 Å². The summed E-state index contributed by atoms with van der Waals surface area (Å²) in [5.74, 6) is 0. The Bertz CT molecular complexity index is 545. The van der Waals surface area contributed by atoms with Gasteiger partial charge in [-0.2, -0.15) is 22.7 Å². The molecule has 1 aliphatic rings. The van der Waals surface area contributed by atoms with E-state index in [0.717, 1.165) is 19.3 Å². The Morgan fingerprint density at radius 1 is 1.16 bits per heavy atom. The Hall–Kier alpha value is -1.42. The average Bonchev–Trinajstić information content (AvgIpc) is 2.47. The van der Waals surface area contributed by atoms with Gasteiger partial charge in [0.2, 0.25) is 0 Å². The summed E-state index contributed by atoms with van der Waals surface area (Å²) < 4.78 is 28.3. The Morgan fingerprint density at radius 2 is 1.79 bits per heavy atom. The molecule has 102 valence electrons. The van der Waals surface area contributed by atoms with Gasteiger partial charge in [0.1, 0.15) is 6.04 Å². The number of nitriles is 1. The fourth-order valence-electron chi connectivity index (χ4n) is 2.14. The summed E-state index contributed by atoms with van der Waals surface area (Å²) in [7, 11) is -3.58. The number of hydrogen-bond donors (Lipinski definition) is 1. The Morgan fingerprint density at radius 3 is 2.37 bits per heavy atom. The molecule has 0 spiro atoms. The molecule has 0 radical (unpaired) electrons. The first-order chi connectivity index (χ1) is 9.13. The molecule has 19 heavy (non-hydrogen) atoms. The molecule has 1 fully saturated rings. The first-order valence-electron chi connectivity index (χ1n) is 6.35. The summed E-state index contributed by atoms with van der Waals surface area (Å²) in [6.45, 7) is 1.06. The lowest BCUT2D eigenvalue weighted by Crippen LogP contribution is -2.44. The van der Waals surface area contributed by atoms with Crippen LogP contribution in [0.2, 0.25) is 0 Å². The van der Waals surface area contributed by atoms with E-state index in [0.29, 0.717) is 18.7 Å². The summed E-state index contributed by atoms with van der Waals surface area (Å²) in [6.07, 6.45) is 2.82. The van der Waals surface area contributed by atoms with Crippen molar-refractivity contribution >= 4 is 10.2 Å². The molecule has 0 amide bonds. The van der Waals surface area contributed by atoms with Crippen molar-refractivity contribution in [1.82, 2.24) is 9.03 Å². The average molecular weight is 279 g/mol. The van der Waals surface area contributed by atoms with Crippen LogP contribution in [-0.2, 0) is 10.2 Å². The van der Waals surface area contributed by atoms with E-state index >= 15 is 0 Å². The highest BCUT2D eigenvalue weighted by Gasteiger charge is 2.27. The zero-order valence-corrected chi connectivity index (χ0v) is 11.4. The summed E-state index contributed by atoms with van der Waals surface area (Å²) in [6, 6.07) is 10.0. The monoisotopic (exact) mass is 279 g/mol. The molecule has 1 atom stereocenters. The highest BCUT2D eigenvalue weighted by atomic mass is 32.2. The van der Waals surface area contributed by atoms with E-state index in [-0.39, 0.29) is 0 Å². The normalized spacial score (nSPS) is 18.7. The standard InChI is InChI=1S/C13H17N3O2S/c14-11-13(12-7-3-1-4-8-12)15-19(17,18)16-9-5-2-6-10-16/h1,3-4,7-8,13,15H,2,5-6,9-10H2. The van der Waals surface area contributed by atoms with Gasteiger partial charge in [0, 0.05) is 13.1 Å². The minimum atomic E-state index is -3.58. The van der Waals surface area contributed by atoms with E-state index in [1.165, 1.54) is 4.31 Å². The molecule has 1 unspecified atom stereocenters. The molecule has 1 N–H and O–H groups in total. The summed E-state index contributed by atoms with van der Waals surface area (Å²) >= 11 is 0. The third-order valence-corrected chi connectivity index (χ3v) is 4.76. The summed E-state index contributed by atoms with van der Waals surface area (Å²) in [5, 5.41) is 9.15. The predicted octanol–water partition coefficient (Wildman–Crippen LogP) is 1.57. The molecule has 1 saturated heterocycles. The Balaban J connectivity index is 2.12. The molecule has 0 bridgehead atoms. The highest BCUT2D eigenvalue weighted by Crippen LogP contribution is 2.17. The predicted molar refractivity (Wildman–Crippen MR) is 72.3 cm³/mol. The van der Waals surface area contributed by atoms with Gasteiger partial charge < -0.3 is 0 Å². The lowest BCUT2D eigenvalue weighted by molar-refractivity contribution is 0.340. The first kappa shape index (κ1) is 14.0. The molecule has 0 saturated carbocycles. The molecule has 0 aliphatic carbocycles. The third-order valence-electron chi connectivity index (χ3n) is 3.18. The molecular weight excluding hydrogens is 262 g/mol. The minimum Gasteiger partial charge on any atom is -0.196 e. The van der Waals surface area contributed by atoms with Gasteiger partial charge in [-0.25, -0.2) is 0 Å². The van der Waals surface area contributed by atoms with E-state index in [1.54, 1.807) is 24.3 Å². The van der Waals surface area contributed by atoms with Gasteiger partial charge in [-0.15, -0.1) is 0 Å². The molecule has 2 rings (SSSR count). The van der Waals surface area contributed by atoms with Crippen molar-refractivity contribution in [1.29, 1.82) is 5.26 Å². The largest absolute Gasteiger partial charge is 0.280 e. The van der Waals surface area contributed by atoms with Crippen LogP contribution >= 0.6 is 0 Å². The van der Waals surface area contributed by atoms with Gasteiger partial charge in [0.15, 0.2) is 0 Å². The molecule has 1 heterocycles. The summed E-state index contributed by atoms with van der Waals surface area (Å²) in [5.41, 5.74) is 0.658. The second kappa shape index (κ2) is 6.15. The zero-order chi connectivity index (χ0) is 13.7. The molecule has 1 aliphatic heterocycles. The lowest BCUT2D eigenvalue weighted by atomic mass is 10.1. The zero-order valence-electron chi connectivity index (χ0n) is 10.6. The van der Waals surface area contributed by atoms with Crippen LogP contribution in [0.4, 0.5) is 0 Å². The molecule has 1 aromatic rings. The molecule has 1 aromatic carbocycles. The number of nitrogens with zero attached hydrogens (tertiary/aromatic N) is 2. The van der Waals surface area contributed by atoms with Crippen molar-refractivity contribution in [3.05, 3.63) is 35.9 Å². The fourth-order valence-corrected chi connectivity index (χ4v) is 3.52. The van der Waals surface area contributed by atoms with Gasteiger partial charge in [-0.05, 0) is 18.4 Å². The molecule has 6 heteroatoms. The van der Waals surface area contributed by atoms with Crippen LogP contribution in [0.15, 0.2) is 30.3 Å². The smallest absolute Gasteiger partial charge is 0.196 e. The topological polar surface area (TPSA) is 73.2 Å². The number of piperidine rings is 1. The van der Waals surface area contributed by atoms with Crippen molar-refractivity contribution in [2.45, 2.75) is 25.3 Å². The molecular formula is C13H17N3O2S. The van der Waals surface area contributed by atoms with E-state index < -0.39 is 16.3 Å². The number of rotatable bonds is 4. The van der Waals surface area contributed by atoms with Crippen molar-refractivity contribution in [2.24, 2.45) is 0 Å². The van der Waals surface area contributed by atoms with Crippen LogP contribution in [0, 0.1) is 11.3 Å². The SMILES string of the molecule is N#CC(NS(=O)(=O)N1CCCCC1)c1ccccc1. The van der Waals surface area contributed by atoms with Crippen molar-refractivity contribution < 1.29 is 8.42 Å². The van der Waals surface area contributed by atoms with Crippen LogP contribution < -0.4 is 4.72 Å². The summed E-state index contributed by atoms with van der Waals surface area (Å²) in [4.78, 5) is 0. The number of benzene rings is 1. The highest BCUT2D eigenvalue weighted by molar-refractivity contribution is 7.87. The molecule has 0 aromatic heterocycles. The van der Waals surface area contributed by atoms with E-state index in [1.807, 2.05) is 12.1 Å². The number of hydrogen-bond acceptors (Lipinski definition) is 3. The maximum absolute atomic E-state index is 12.2. The van der Waals surface area contributed by atoms with Crippen LogP contribution in [0.1, 0.15) is 30.9 Å². The maximum Gasteiger partial charge on any atom is 0.280 e. The van der Waals surface area contributed by atoms with Gasteiger partial charge in [-0.3, -0.25) is 0 Å². The van der Waals surface area contributed by atoms with Crippen LogP contribution in [0.25, 0.3) is 0 Å². The van der Waals surface area contributed by atoms with E-state index in [4.69, 9.17) is 5.26 Å². The van der Waals surface area contributed by atoms with Gasteiger partial charge in [-0.1, -0.05) is 36.8 Å². The molecule has 5 nitrogen and oxygen atoms in total. The van der Waals surface area contributed by atoms with E-state index in [9.17, 15) is 8.42 Å². The fraction of sp³-hybridized carbons (Fsp3) is 0.462. The second-order valence-electron chi connectivity index (χ2n) is 4.56. The van der Waals surface area contributed by atoms with Crippen molar-refractivity contribution in [3.63, 3.8) is 0 Å². The van der Waals surface area contributed by atoms with Crippen molar-refractivity contribution in [3.8, 4) is 6.07 Å². The first-order valence-corrected chi connectivity index (χ1v) is 7.79. The van der Waals surface area contributed by atoms with Crippen LogP contribution in [0.3, 0.4) is 0 Å². The van der Waals surface area contributed by atoms with Crippen LogP contribution in [-0.4, -0.2) is 25.8 Å². The lowest BCUT2D eigenvalue weighted by Gasteiger charge is -2.27. The Kier molecular flexibility index (Phi) is 4.53. The third kappa shape index (κ3) is 3.53. The Labute approximate surface area is 114 Å². The van der Waals surface area contributed by atoms with Crippen LogP contribution in [0.5, 0.6) is 0 Å². The van der Waals surface area contributed by atoms with Crippen molar-refractivity contribution in [2.75, 3.05) is 13.1 Å².